The summed E-state index contributed by atoms with van der Waals surface area (Å²) in [5.41, 5.74) is 4.98. The van der Waals surface area contributed by atoms with Gasteiger partial charge in [0, 0.05) is 5.92 Å². The van der Waals surface area contributed by atoms with E-state index in [4.69, 9.17) is 5.73 Å². The number of nitrogens with one attached hydrogen (secondary N) is 1. The highest BCUT2D eigenvalue weighted by Crippen LogP contribution is 2.44. The van der Waals surface area contributed by atoms with Crippen molar-refractivity contribution in [2.45, 2.75) is 50.2 Å². The van der Waals surface area contributed by atoms with Crippen molar-refractivity contribution in [2.24, 2.45) is 17.6 Å². The van der Waals surface area contributed by atoms with Crippen molar-refractivity contribution in [2.75, 3.05) is 6.54 Å². The summed E-state index contributed by atoms with van der Waals surface area (Å²) in [7, 11) is 0. The van der Waals surface area contributed by atoms with Crippen LogP contribution in [0.4, 0.5) is 13.2 Å². The molecule has 2 aliphatic carbocycles. The van der Waals surface area contributed by atoms with Crippen LogP contribution in [0.1, 0.15) is 49.7 Å². The van der Waals surface area contributed by atoms with E-state index in [9.17, 15) is 18.0 Å². The van der Waals surface area contributed by atoms with Gasteiger partial charge in [0.2, 0.25) is 5.91 Å². The monoisotopic (exact) mass is 340 g/mol. The van der Waals surface area contributed by atoms with Gasteiger partial charge in [0.1, 0.15) is 0 Å². The van der Waals surface area contributed by atoms with Crippen LogP contribution < -0.4 is 11.1 Å². The standard InChI is InChI=1S/C18H23F3N2O/c19-18(20,21)14-6-2-5-13(10-14)17(8-3-9-17)23-16(24)15-7-1-4-12(15)11-22/h2,5-6,10,12,15H,1,3-4,7-9,11,22H2,(H,23,24)/t12-,15-/m1/s1. The molecule has 0 unspecified atom stereocenters. The first kappa shape index (κ1) is 17.3. The fraction of sp³-hybridized carbons (Fsp3) is 0.611. The molecule has 0 heterocycles. The summed E-state index contributed by atoms with van der Waals surface area (Å²) in [6.45, 7) is 0.481. The molecule has 0 bridgehead atoms. The lowest BCUT2D eigenvalue weighted by Crippen LogP contribution is -2.53. The first-order valence-electron chi connectivity index (χ1n) is 8.55. The smallest absolute Gasteiger partial charge is 0.346 e. The second-order valence-corrected chi connectivity index (χ2v) is 7.04. The fourth-order valence-electron chi connectivity index (χ4n) is 4.00. The quantitative estimate of drug-likeness (QED) is 0.880. The van der Waals surface area contributed by atoms with Gasteiger partial charge in [0.05, 0.1) is 11.1 Å². The Morgan fingerprint density at radius 1 is 1.25 bits per heavy atom. The van der Waals surface area contributed by atoms with Crippen LogP contribution in [0, 0.1) is 11.8 Å². The minimum Gasteiger partial charge on any atom is -0.346 e. The maximum absolute atomic E-state index is 13.0. The zero-order valence-corrected chi connectivity index (χ0v) is 13.5. The Labute approximate surface area is 139 Å². The molecule has 3 N–H and O–H groups in total. The van der Waals surface area contributed by atoms with E-state index in [1.54, 1.807) is 6.07 Å². The van der Waals surface area contributed by atoms with Crippen LogP contribution in [0.25, 0.3) is 0 Å². The van der Waals surface area contributed by atoms with Crippen molar-refractivity contribution in [3.8, 4) is 0 Å². The van der Waals surface area contributed by atoms with Gasteiger partial charge in [-0.15, -0.1) is 0 Å². The lowest BCUT2D eigenvalue weighted by Gasteiger charge is -2.44. The third-order valence-electron chi connectivity index (χ3n) is 5.61. The highest BCUT2D eigenvalue weighted by atomic mass is 19.4. The molecule has 0 saturated heterocycles. The Morgan fingerprint density at radius 2 is 2.00 bits per heavy atom. The molecule has 2 saturated carbocycles. The van der Waals surface area contributed by atoms with Gasteiger partial charge >= 0.3 is 6.18 Å². The number of nitrogens with two attached hydrogens (primary N) is 1. The highest BCUT2D eigenvalue weighted by Gasteiger charge is 2.44. The summed E-state index contributed by atoms with van der Waals surface area (Å²) in [4.78, 5) is 12.7. The van der Waals surface area contributed by atoms with Gasteiger partial charge in [0.15, 0.2) is 0 Å². The first-order chi connectivity index (χ1) is 11.4. The maximum Gasteiger partial charge on any atom is 0.416 e. The molecule has 132 valence electrons. The van der Waals surface area contributed by atoms with E-state index in [1.807, 2.05) is 0 Å². The predicted octanol–water partition coefficient (Wildman–Crippen LogP) is 3.58. The molecule has 0 spiro atoms. The first-order valence-corrected chi connectivity index (χ1v) is 8.55. The van der Waals surface area contributed by atoms with Gasteiger partial charge < -0.3 is 11.1 Å². The lowest BCUT2D eigenvalue weighted by atomic mass is 9.71. The minimum atomic E-state index is -4.37. The molecular formula is C18H23F3N2O. The Balaban J connectivity index is 1.81. The van der Waals surface area contributed by atoms with E-state index in [2.05, 4.69) is 5.32 Å². The molecule has 1 aromatic rings. The van der Waals surface area contributed by atoms with E-state index in [0.717, 1.165) is 31.7 Å². The molecule has 1 amide bonds. The fourth-order valence-corrected chi connectivity index (χ4v) is 4.00. The van der Waals surface area contributed by atoms with Crippen LogP contribution in [-0.2, 0) is 16.5 Å². The topological polar surface area (TPSA) is 55.1 Å². The molecule has 1 aromatic carbocycles. The van der Waals surface area contributed by atoms with Crippen molar-refractivity contribution in [1.29, 1.82) is 0 Å². The van der Waals surface area contributed by atoms with E-state index in [-0.39, 0.29) is 17.7 Å². The number of halogens is 3. The van der Waals surface area contributed by atoms with Crippen LogP contribution in [0.5, 0.6) is 0 Å². The number of benzene rings is 1. The minimum absolute atomic E-state index is 0.0555. The molecule has 3 nitrogen and oxygen atoms in total. The number of hydrogen-bond donors (Lipinski definition) is 2. The van der Waals surface area contributed by atoms with Crippen LogP contribution >= 0.6 is 0 Å². The van der Waals surface area contributed by atoms with Gasteiger partial charge in [-0.05, 0) is 62.3 Å². The number of carbonyl (C=O) groups is 1. The van der Waals surface area contributed by atoms with E-state index in [1.165, 1.54) is 12.1 Å². The third kappa shape index (κ3) is 3.16. The average Bonchev–Trinajstić information content (AvgIpc) is 2.98. The van der Waals surface area contributed by atoms with Gasteiger partial charge in [0.25, 0.3) is 0 Å². The second kappa shape index (κ2) is 6.39. The van der Waals surface area contributed by atoms with Crippen molar-refractivity contribution in [3.05, 3.63) is 35.4 Å². The Morgan fingerprint density at radius 3 is 2.58 bits per heavy atom. The molecule has 24 heavy (non-hydrogen) atoms. The van der Waals surface area contributed by atoms with Crippen LogP contribution in [-0.4, -0.2) is 12.5 Å². The lowest BCUT2D eigenvalue weighted by molar-refractivity contribution is -0.137. The molecular weight excluding hydrogens is 317 g/mol. The highest BCUT2D eigenvalue weighted by molar-refractivity contribution is 5.80. The van der Waals surface area contributed by atoms with Crippen molar-refractivity contribution in [1.82, 2.24) is 5.32 Å². The van der Waals surface area contributed by atoms with Gasteiger partial charge in [-0.1, -0.05) is 18.6 Å². The summed E-state index contributed by atoms with van der Waals surface area (Å²) in [5.74, 6) is 0.0157. The SMILES string of the molecule is NC[C@H]1CCC[C@H]1C(=O)NC1(c2cccc(C(F)(F)F)c2)CCC1. The van der Waals surface area contributed by atoms with Crippen LogP contribution in [0.3, 0.4) is 0 Å². The molecule has 3 rings (SSSR count). The van der Waals surface area contributed by atoms with Crippen molar-refractivity contribution < 1.29 is 18.0 Å². The van der Waals surface area contributed by atoms with E-state index < -0.39 is 17.3 Å². The summed E-state index contributed by atoms with van der Waals surface area (Å²) in [6.07, 6.45) is 0.636. The molecule has 2 atom stereocenters. The number of alkyl halides is 3. The molecule has 6 heteroatoms. The summed E-state index contributed by atoms with van der Waals surface area (Å²) >= 11 is 0. The van der Waals surface area contributed by atoms with Crippen LogP contribution in [0.2, 0.25) is 0 Å². The molecule has 2 fully saturated rings. The molecule has 0 radical (unpaired) electrons. The summed E-state index contributed by atoms with van der Waals surface area (Å²) < 4.78 is 38.9. The second-order valence-electron chi connectivity index (χ2n) is 7.04. The Kier molecular flexibility index (Phi) is 4.60. The van der Waals surface area contributed by atoms with E-state index >= 15 is 0 Å². The molecule has 0 aromatic heterocycles. The number of carbonyl (C=O) groups excluding carboxylic acids is 1. The van der Waals surface area contributed by atoms with Gasteiger partial charge in [-0.25, -0.2) is 0 Å². The van der Waals surface area contributed by atoms with Crippen molar-refractivity contribution >= 4 is 5.91 Å². The van der Waals surface area contributed by atoms with Gasteiger partial charge in [-0.3, -0.25) is 4.79 Å². The van der Waals surface area contributed by atoms with E-state index in [0.29, 0.717) is 24.9 Å². The number of hydrogen-bond acceptors (Lipinski definition) is 2. The zero-order valence-electron chi connectivity index (χ0n) is 13.5. The summed E-state index contributed by atoms with van der Waals surface area (Å²) in [6, 6.07) is 5.35. The molecule has 2 aliphatic rings. The third-order valence-corrected chi connectivity index (χ3v) is 5.61. The van der Waals surface area contributed by atoms with Crippen molar-refractivity contribution in [3.63, 3.8) is 0 Å². The number of amides is 1. The zero-order chi connectivity index (χ0) is 17.4. The Hall–Kier alpha value is -1.56. The predicted molar refractivity (Wildman–Crippen MR) is 85.0 cm³/mol. The Bertz CT molecular complexity index is 611. The molecule has 0 aliphatic heterocycles. The largest absolute Gasteiger partial charge is 0.416 e. The normalized spacial score (nSPS) is 26.0. The average molecular weight is 340 g/mol. The number of rotatable bonds is 4. The maximum atomic E-state index is 13.0. The summed E-state index contributed by atoms with van der Waals surface area (Å²) in [5, 5.41) is 3.07. The van der Waals surface area contributed by atoms with Gasteiger partial charge in [-0.2, -0.15) is 13.2 Å². The van der Waals surface area contributed by atoms with Crippen LogP contribution in [0.15, 0.2) is 24.3 Å².